The number of benzene rings is 1. The third kappa shape index (κ3) is 4.33. The number of rotatable bonds is 5. The first-order chi connectivity index (χ1) is 7.49. The van der Waals surface area contributed by atoms with Crippen LogP contribution in [-0.2, 0) is 16.0 Å². The summed E-state index contributed by atoms with van der Waals surface area (Å²) in [4.78, 5) is 11.0. The number of carbonyl (C=O) groups is 1. The fourth-order valence-corrected chi connectivity index (χ4v) is 1.85. The molecule has 0 aliphatic carbocycles. The molecule has 1 aromatic carbocycles. The van der Waals surface area contributed by atoms with Gasteiger partial charge in [-0.25, -0.2) is 4.79 Å². The molecule has 0 aliphatic rings. The van der Waals surface area contributed by atoms with Crippen molar-refractivity contribution in [1.29, 1.82) is 0 Å². The maximum Gasteiger partial charge on any atom is 0.333 e. The maximum atomic E-state index is 11.0. The van der Waals surface area contributed by atoms with Gasteiger partial charge in [0.25, 0.3) is 0 Å². The summed E-state index contributed by atoms with van der Waals surface area (Å²) in [6.07, 6.45) is -0.491. The van der Waals surface area contributed by atoms with Gasteiger partial charge in [0.1, 0.15) is 0 Å². The van der Waals surface area contributed by atoms with Gasteiger partial charge in [-0.15, -0.1) is 0 Å². The van der Waals surface area contributed by atoms with Crippen LogP contribution in [-0.4, -0.2) is 23.3 Å². The van der Waals surface area contributed by atoms with Crippen molar-refractivity contribution in [2.24, 2.45) is 0 Å². The van der Waals surface area contributed by atoms with Crippen LogP contribution < -0.4 is 0 Å². The van der Waals surface area contributed by atoms with Crippen molar-refractivity contribution < 1.29 is 14.6 Å². The first kappa shape index (κ1) is 13.2. The molecule has 0 fully saturated rings. The number of carboxylic acids is 1. The summed E-state index contributed by atoms with van der Waals surface area (Å²) in [7, 11) is 0. The Bertz CT molecular complexity index is 363. The molecule has 88 valence electrons. The van der Waals surface area contributed by atoms with Crippen LogP contribution in [0.25, 0.3) is 0 Å². The van der Waals surface area contributed by atoms with Crippen molar-refractivity contribution in [3.8, 4) is 0 Å². The molecule has 0 radical (unpaired) electrons. The molecule has 0 aromatic heterocycles. The maximum absolute atomic E-state index is 11.0. The molecule has 16 heavy (non-hydrogen) atoms. The van der Waals surface area contributed by atoms with Gasteiger partial charge >= 0.3 is 5.97 Å². The van der Waals surface area contributed by atoms with Gasteiger partial charge in [0.15, 0.2) is 6.10 Å². The van der Waals surface area contributed by atoms with E-state index >= 15 is 0 Å². The molecule has 4 heteroatoms. The van der Waals surface area contributed by atoms with Crippen LogP contribution in [0.5, 0.6) is 0 Å². The van der Waals surface area contributed by atoms with Crippen molar-refractivity contribution in [1.82, 2.24) is 0 Å². The minimum Gasteiger partial charge on any atom is -0.479 e. The second-order valence-electron chi connectivity index (χ2n) is 3.85. The van der Waals surface area contributed by atoms with E-state index in [0.717, 1.165) is 10.0 Å². The predicted octanol–water partition coefficient (Wildman–Crippen LogP) is 2.87. The van der Waals surface area contributed by atoms with Crippen LogP contribution in [0, 0.1) is 0 Å². The normalized spacial score (nSPS) is 12.8. The molecule has 1 rings (SSSR count). The molecule has 1 aromatic rings. The second-order valence-corrected chi connectivity index (χ2v) is 4.76. The first-order valence-corrected chi connectivity index (χ1v) is 5.91. The third-order valence-electron chi connectivity index (χ3n) is 2.02. The Morgan fingerprint density at radius 2 is 2.19 bits per heavy atom. The van der Waals surface area contributed by atoms with Crippen LogP contribution >= 0.6 is 15.9 Å². The SMILES string of the molecule is CC(C)O[C@@H](Cc1cccc(Br)c1)C(=O)O. The molecule has 0 heterocycles. The number of hydrogen-bond donors (Lipinski definition) is 1. The monoisotopic (exact) mass is 286 g/mol. The lowest BCUT2D eigenvalue weighted by atomic mass is 10.1. The molecule has 0 saturated heterocycles. The zero-order valence-electron chi connectivity index (χ0n) is 9.31. The highest BCUT2D eigenvalue weighted by atomic mass is 79.9. The van der Waals surface area contributed by atoms with E-state index in [2.05, 4.69) is 15.9 Å². The molecule has 0 aliphatic heterocycles. The molecule has 0 bridgehead atoms. The molecular formula is C12H15BrO3. The molecule has 0 spiro atoms. The van der Waals surface area contributed by atoms with Crippen molar-refractivity contribution >= 4 is 21.9 Å². The summed E-state index contributed by atoms with van der Waals surface area (Å²) >= 11 is 3.35. The Morgan fingerprint density at radius 1 is 1.50 bits per heavy atom. The second kappa shape index (κ2) is 6.01. The van der Waals surface area contributed by atoms with Gasteiger partial charge in [-0.2, -0.15) is 0 Å². The zero-order valence-corrected chi connectivity index (χ0v) is 10.9. The van der Waals surface area contributed by atoms with Crippen LogP contribution in [0.15, 0.2) is 28.7 Å². The van der Waals surface area contributed by atoms with Gasteiger partial charge in [-0.05, 0) is 31.5 Å². The number of halogens is 1. The van der Waals surface area contributed by atoms with E-state index in [9.17, 15) is 4.79 Å². The van der Waals surface area contributed by atoms with Crippen molar-refractivity contribution in [2.75, 3.05) is 0 Å². The van der Waals surface area contributed by atoms with Gasteiger partial charge in [0.05, 0.1) is 6.10 Å². The van der Waals surface area contributed by atoms with E-state index in [1.165, 1.54) is 0 Å². The lowest BCUT2D eigenvalue weighted by molar-refractivity contribution is -0.153. The number of carboxylic acid groups (broad SMARTS) is 1. The summed E-state index contributed by atoms with van der Waals surface area (Å²) in [6, 6.07) is 7.58. The standard InChI is InChI=1S/C12H15BrO3/c1-8(2)16-11(12(14)15)7-9-4-3-5-10(13)6-9/h3-6,8,11H,7H2,1-2H3,(H,14,15)/t11-/m0/s1. The number of aliphatic carboxylic acids is 1. The van der Waals surface area contributed by atoms with E-state index in [1.54, 1.807) is 0 Å². The van der Waals surface area contributed by atoms with E-state index in [4.69, 9.17) is 9.84 Å². The molecule has 0 amide bonds. The molecule has 1 atom stereocenters. The summed E-state index contributed by atoms with van der Waals surface area (Å²) < 4.78 is 6.28. The largest absolute Gasteiger partial charge is 0.479 e. The lowest BCUT2D eigenvalue weighted by Gasteiger charge is -2.16. The Hall–Kier alpha value is -0.870. The first-order valence-electron chi connectivity index (χ1n) is 5.11. The molecule has 1 N–H and O–H groups in total. The van der Waals surface area contributed by atoms with Crippen molar-refractivity contribution in [2.45, 2.75) is 32.5 Å². The third-order valence-corrected chi connectivity index (χ3v) is 2.52. The van der Waals surface area contributed by atoms with Gasteiger partial charge in [-0.1, -0.05) is 28.1 Å². The Kier molecular flexibility index (Phi) is 4.96. The average Bonchev–Trinajstić information content (AvgIpc) is 2.15. The predicted molar refractivity (Wildman–Crippen MR) is 65.5 cm³/mol. The summed E-state index contributed by atoms with van der Waals surface area (Å²) in [5.74, 6) is -0.923. The van der Waals surface area contributed by atoms with Gasteiger partial charge < -0.3 is 9.84 Å². The number of ether oxygens (including phenoxy) is 1. The Balaban J connectivity index is 2.71. The summed E-state index contributed by atoms with van der Waals surface area (Å²) in [5, 5.41) is 9.02. The topological polar surface area (TPSA) is 46.5 Å². The van der Waals surface area contributed by atoms with E-state index in [1.807, 2.05) is 38.1 Å². The average molecular weight is 287 g/mol. The summed E-state index contributed by atoms with van der Waals surface area (Å²) in [6.45, 7) is 3.66. The van der Waals surface area contributed by atoms with Crippen LogP contribution in [0.2, 0.25) is 0 Å². The minimum absolute atomic E-state index is 0.0896. The fraction of sp³-hybridized carbons (Fsp3) is 0.417. The van der Waals surface area contributed by atoms with Gasteiger partial charge in [0.2, 0.25) is 0 Å². The van der Waals surface area contributed by atoms with Crippen LogP contribution in [0.3, 0.4) is 0 Å². The minimum atomic E-state index is -0.923. The van der Waals surface area contributed by atoms with Crippen molar-refractivity contribution in [3.05, 3.63) is 34.3 Å². The summed E-state index contributed by atoms with van der Waals surface area (Å²) in [5.41, 5.74) is 0.947. The molecular weight excluding hydrogens is 272 g/mol. The van der Waals surface area contributed by atoms with E-state index < -0.39 is 12.1 Å². The molecule has 0 saturated carbocycles. The zero-order chi connectivity index (χ0) is 12.1. The number of hydrogen-bond acceptors (Lipinski definition) is 2. The highest BCUT2D eigenvalue weighted by Crippen LogP contribution is 2.14. The van der Waals surface area contributed by atoms with Crippen LogP contribution in [0.1, 0.15) is 19.4 Å². The van der Waals surface area contributed by atoms with E-state index in [0.29, 0.717) is 6.42 Å². The van der Waals surface area contributed by atoms with Gasteiger partial charge in [0, 0.05) is 10.9 Å². The Morgan fingerprint density at radius 3 is 2.69 bits per heavy atom. The Labute approximate surface area is 104 Å². The van der Waals surface area contributed by atoms with Crippen molar-refractivity contribution in [3.63, 3.8) is 0 Å². The van der Waals surface area contributed by atoms with Gasteiger partial charge in [-0.3, -0.25) is 0 Å². The van der Waals surface area contributed by atoms with E-state index in [-0.39, 0.29) is 6.10 Å². The van der Waals surface area contributed by atoms with Crippen LogP contribution in [0.4, 0.5) is 0 Å². The fourth-order valence-electron chi connectivity index (χ4n) is 1.40. The smallest absolute Gasteiger partial charge is 0.333 e. The lowest BCUT2D eigenvalue weighted by Crippen LogP contribution is -2.29. The quantitative estimate of drug-likeness (QED) is 0.905. The highest BCUT2D eigenvalue weighted by molar-refractivity contribution is 9.10. The molecule has 0 unspecified atom stereocenters. The highest BCUT2D eigenvalue weighted by Gasteiger charge is 2.19. The molecule has 3 nitrogen and oxygen atoms in total.